The van der Waals surface area contributed by atoms with Crippen LogP contribution in [0, 0.1) is 5.92 Å². The number of hydrazone groups is 1. The van der Waals surface area contributed by atoms with Crippen LogP contribution in [0.3, 0.4) is 0 Å². The smallest absolute Gasteiger partial charge is 0.258 e. The number of ether oxygens (including phenoxy) is 2. The van der Waals surface area contributed by atoms with E-state index in [1.807, 2.05) is 68.4 Å². The maximum atomic E-state index is 13.6. The van der Waals surface area contributed by atoms with Gasteiger partial charge in [-0.15, -0.1) is 0 Å². The Balaban J connectivity index is 1.55. The van der Waals surface area contributed by atoms with Gasteiger partial charge in [-0.3, -0.25) is 9.59 Å². The summed E-state index contributed by atoms with van der Waals surface area (Å²) in [6.07, 6.45) is 0.368. The number of aromatic amines is 1. The molecule has 1 atom stereocenters. The van der Waals surface area contributed by atoms with E-state index in [-0.39, 0.29) is 24.2 Å². The van der Waals surface area contributed by atoms with Crippen LogP contribution in [0.1, 0.15) is 37.4 Å². The molecule has 1 N–H and O–H groups in total. The highest BCUT2D eigenvalue weighted by molar-refractivity contribution is 6.31. The van der Waals surface area contributed by atoms with E-state index in [1.165, 1.54) is 5.01 Å². The fraction of sp³-hybridized carbons (Fsp3) is 0.207. The van der Waals surface area contributed by atoms with Crippen LogP contribution in [0.4, 0.5) is 0 Å². The van der Waals surface area contributed by atoms with Crippen LogP contribution in [0.15, 0.2) is 76.6 Å². The number of hydrogen-bond donors (Lipinski definition) is 1. The minimum Gasteiger partial charge on any atom is -0.454 e. The van der Waals surface area contributed by atoms with Gasteiger partial charge in [0.05, 0.1) is 17.3 Å². The molecule has 0 radical (unpaired) electrons. The zero-order chi connectivity index (χ0) is 25.7. The van der Waals surface area contributed by atoms with Gasteiger partial charge >= 0.3 is 0 Å². The predicted molar refractivity (Wildman–Crippen MR) is 143 cm³/mol. The number of carbonyl (C=O) groups excluding carboxylic acids is 1. The molecule has 3 heterocycles. The number of amides is 1. The highest BCUT2D eigenvalue weighted by Gasteiger charge is 2.37. The van der Waals surface area contributed by atoms with Crippen LogP contribution in [0.2, 0.25) is 5.02 Å². The summed E-state index contributed by atoms with van der Waals surface area (Å²) in [4.78, 5) is 29.9. The molecule has 0 spiro atoms. The van der Waals surface area contributed by atoms with Crippen molar-refractivity contribution in [3.8, 4) is 22.6 Å². The monoisotopic (exact) mass is 513 g/mol. The molecule has 186 valence electrons. The third-order valence-corrected chi connectivity index (χ3v) is 6.97. The Kier molecular flexibility index (Phi) is 5.72. The number of rotatable bonds is 4. The SMILES string of the molecule is CC(C)C(=O)N1N=C(c2c(-c3ccccc3)c3cc(Cl)ccc3[nH]c2=O)C[C@H]1c1ccc2c(c1)OCO2. The van der Waals surface area contributed by atoms with E-state index >= 15 is 0 Å². The number of halogens is 1. The number of fused-ring (bicyclic) bond motifs is 2. The topological polar surface area (TPSA) is 84.0 Å². The van der Waals surface area contributed by atoms with Gasteiger partial charge in [-0.05, 0) is 41.5 Å². The second-order valence-electron chi connectivity index (χ2n) is 9.48. The molecular weight excluding hydrogens is 490 g/mol. The van der Waals surface area contributed by atoms with Gasteiger partial charge in [0.15, 0.2) is 11.5 Å². The van der Waals surface area contributed by atoms with Gasteiger partial charge in [-0.25, -0.2) is 5.01 Å². The first-order valence-electron chi connectivity index (χ1n) is 12.1. The average Bonchev–Trinajstić information content (AvgIpc) is 3.55. The summed E-state index contributed by atoms with van der Waals surface area (Å²) < 4.78 is 11.0. The van der Waals surface area contributed by atoms with Gasteiger partial charge in [0.1, 0.15) is 0 Å². The summed E-state index contributed by atoms with van der Waals surface area (Å²) in [5, 5.41) is 7.66. The summed E-state index contributed by atoms with van der Waals surface area (Å²) in [7, 11) is 0. The van der Waals surface area contributed by atoms with Crippen molar-refractivity contribution in [3.63, 3.8) is 0 Å². The zero-order valence-corrected chi connectivity index (χ0v) is 21.1. The maximum absolute atomic E-state index is 13.6. The Morgan fingerprint density at radius 3 is 2.59 bits per heavy atom. The second kappa shape index (κ2) is 9.09. The van der Waals surface area contributed by atoms with Gasteiger partial charge < -0.3 is 14.5 Å². The predicted octanol–water partition coefficient (Wildman–Crippen LogP) is 5.91. The van der Waals surface area contributed by atoms with E-state index in [0.717, 1.165) is 22.1 Å². The zero-order valence-electron chi connectivity index (χ0n) is 20.3. The summed E-state index contributed by atoms with van der Waals surface area (Å²) >= 11 is 6.38. The van der Waals surface area contributed by atoms with Gasteiger partial charge in [0.2, 0.25) is 12.7 Å². The van der Waals surface area contributed by atoms with Crippen molar-refractivity contribution in [3.05, 3.63) is 93.2 Å². The number of nitrogens with zero attached hydrogens (tertiary/aromatic N) is 2. The minimum absolute atomic E-state index is 0.126. The van der Waals surface area contributed by atoms with E-state index in [1.54, 1.807) is 12.1 Å². The van der Waals surface area contributed by atoms with Crippen LogP contribution in [-0.2, 0) is 4.79 Å². The van der Waals surface area contributed by atoms with Crippen LogP contribution in [0.25, 0.3) is 22.0 Å². The summed E-state index contributed by atoms with van der Waals surface area (Å²) in [6.45, 7) is 3.84. The van der Waals surface area contributed by atoms with Crippen LogP contribution in [0.5, 0.6) is 11.5 Å². The number of carbonyl (C=O) groups is 1. The fourth-order valence-corrected chi connectivity index (χ4v) is 5.13. The Bertz CT molecular complexity index is 1630. The highest BCUT2D eigenvalue weighted by atomic mass is 35.5. The molecule has 0 fully saturated rings. The molecule has 8 heteroatoms. The Morgan fingerprint density at radius 2 is 1.81 bits per heavy atom. The Labute approximate surface area is 218 Å². The molecule has 6 rings (SSSR count). The average molecular weight is 514 g/mol. The first-order valence-corrected chi connectivity index (χ1v) is 12.5. The van der Waals surface area contributed by atoms with Gasteiger partial charge in [0.25, 0.3) is 5.56 Å². The molecule has 2 aliphatic heterocycles. The van der Waals surface area contributed by atoms with Crippen LogP contribution >= 0.6 is 11.6 Å². The molecule has 0 aliphatic carbocycles. The quantitative estimate of drug-likeness (QED) is 0.367. The molecule has 3 aromatic carbocycles. The molecule has 1 amide bonds. The summed E-state index contributed by atoms with van der Waals surface area (Å²) in [5.74, 6) is 0.894. The van der Waals surface area contributed by atoms with E-state index in [0.29, 0.717) is 39.7 Å². The normalized spacial score (nSPS) is 16.5. The third-order valence-electron chi connectivity index (χ3n) is 6.74. The molecule has 0 saturated heterocycles. The van der Waals surface area contributed by atoms with E-state index in [2.05, 4.69) is 4.98 Å². The van der Waals surface area contributed by atoms with Crippen LogP contribution < -0.4 is 15.0 Å². The first-order chi connectivity index (χ1) is 17.9. The lowest BCUT2D eigenvalue weighted by Crippen LogP contribution is -2.30. The molecule has 7 nitrogen and oxygen atoms in total. The number of nitrogens with one attached hydrogen (secondary N) is 1. The number of hydrogen-bond acceptors (Lipinski definition) is 5. The van der Waals surface area contributed by atoms with Crippen molar-refractivity contribution < 1.29 is 14.3 Å². The Morgan fingerprint density at radius 1 is 1.03 bits per heavy atom. The molecule has 37 heavy (non-hydrogen) atoms. The number of H-pyrrole nitrogens is 1. The lowest BCUT2D eigenvalue weighted by molar-refractivity contribution is -0.136. The van der Waals surface area contributed by atoms with Crippen molar-refractivity contribution in [1.29, 1.82) is 0 Å². The van der Waals surface area contributed by atoms with Crippen molar-refractivity contribution in [2.75, 3.05) is 6.79 Å². The first kappa shape index (κ1) is 23.3. The van der Waals surface area contributed by atoms with Crippen molar-refractivity contribution in [2.45, 2.75) is 26.3 Å². The molecule has 0 unspecified atom stereocenters. The van der Waals surface area contributed by atoms with Crippen molar-refractivity contribution in [2.24, 2.45) is 11.0 Å². The third kappa shape index (κ3) is 4.05. The minimum atomic E-state index is -0.391. The van der Waals surface area contributed by atoms with E-state index < -0.39 is 6.04 Å². The summed E-state index contributed by atoms with van der Waals surface area (Å²) in [5.41, 5.74) is 3.85. The fourth-order valence-electron chi connectivity index (χ4n) is 4.95. The molecule has 0 saturated carbocycles. The van der Waals surface area contributed by atoms with Gasteiger partial charge in [0, 0.05) is 33.8 Å². The standard InChI is InChI=1S/C29H24ClN3O4/c1-16(2)29(35)33-23(18-8-11-24-25(12-18)37-15-36-24)14-22(32-33)27-26(17-6-4-3-5-7-17)20-13-19(30)9-10-21(20)31-28(27)34/h3-13,16,23H,14-15H2,1-2H3,(H,31,34)/t23-/m0/s1. The molecular formula is C29H24ClN3O4. The highest BCUT2D eigenvalue weighted by Crippen LogP contribution is 2.41. The van der Waals surface area contributed by atoms with Crippen LogP contribution in [-0.4, -0.2) is 28.4 Å². The largest absolute Gasteiger partial charge is 0.454 e. The van der Waals surface area contributed by atoms with E-state index in [4.69, 9.17) is 26.2 Å². The van der Waals surface area contributed by atoms with Crippen molar-refractivity contribution >= 4 is 34.1 Å². The molecule has 4 aromatic rings. The summed E-state index contributed by atoms with van der Waals surface area (Å²) in [6, 6.07) is 20.4. The molecule has 2 aliphatic rings. The number of benzene rings is 3. The maximum Gasteiger partial charge on any atom is 0.258 e. The Hall–Kier alpha value is -4.10. The molecule has 0 bridgehead atoms. The van der Waals surface area contributed by atoms with Gasteiger partial charge in [-0.2, -0.15) is 5.10 Å². The lowest BCUT2D eigenvalue weighted by atomic mass is 9.91. The lowest BCUT2D eigenvalue weighted by Gasteiger charge is -2.23. The number of aromatic nitrogens is 1. The second-order valence-corrected chi connectivity index (χ2v) is 9.91. The van der Waals surface area contributed by atoms with Crippen molar-refractivity contribution in [1.82, 2.24) is 9.99 Å². The van der Waals surface area contributed by atoms with Gasteiger partial charge in [-0.1, -0.05) is 61.8 Å². The van der Waals surface area contributed by atoms with E-state index in [9.17, 15) is 9.59 Å². The molecule has 1 aromatic heterocycles. The number of pyridine rings is 1.